The lowest BCUT2D eigenvalue weighted by Gasteiger charge is -2.21. The molecule has 138 valence electrons. The van der Waals surface area contributed by atoms with E-state index in [1.54, 1.807) is 0 Å². The average Bonchev–Trinajstić information content (AvgIpc) is 3.29. The molecule has 1 aliphatic rings. The molecule has 1 aromatic carbocycles. The minimum absolute atomic E-state index is 0.00413. The number of carbonyl (C=O) groups is 2. The van der Waals surface area contributed by atoms with Gasteiger partial charge in [0.15, 0.2) is 11.5 Å². The number of hydrazine groups is 1. The van der Waals surface area contributed by atoms with E-state index in [-0.39, 0.29) is 12.2 Å². The van der Waals surface area contributed by atoms with Crippen LogP contribution in [0, 0.1) is 0 Å². The molecule has 9 nitrogen and oxygen atoms in total. The van der Waals surface area contributed by atoms with Crippen molar-refractivity contribution < 1.29 is 22.5 Å². The van der Waals surface area contributed by atoms with E-state index in [4.69, 9.17) is 4.52 Å². The van der Waals surface area contributed by atoms with E-state index in [2.05, 4.69) is 16.0 Å². The number of benzene rings is 1. The highest BCUT2D eigenvalue weighted by molar-refractivity contribution is 7.88. The molecule has 0 saturated carbocycles. The normalized spacial score (nSPS) is 17.8. The minimum atomic E-state index is -3.48. The van der Waals surface area contributed by atoms with Gasteiger partial charge in [0.1, 0.15) is 6.04 Å². The van der Waals surface area contributed by atoms with Crippen LogP contribution in [0.1, 0.15) is 23.3 Å². The second-order valence-electron chi connectivity index (χ2n) is 5.92. The Morgan fingerprint density at radius 1 is 1.23 bits per heavy atom. The maximum absolute atomic E-state index is 12.2. The molecule has 2 N–H and O–H groups in total. The fourth-order valence-corrected chi connectivity index (χ4v) is 3.91. The van der Waals surface area contributed by atoms with Crippen molar-refractivity contribution in [1.29, 1.82) is 0 Å². The SMILES string of the molecule is CS(=O)(=O)N1CCCC1C(=O)NNC(=O)c1cc(-c2ccccc2)on1. The first-order valence-corrected chi connectivity index (χ1v) is 9.80. The van der Waals surface area contributed by atoms with E-state index in [9.17, 15) is 18.0 Å². The molecule has 1 atom stereocenters. The van der Waals surface area contributed by atoms with Gasteiger partial charge in [0, 0.05) is 18.2 Å². The maximum atomic E-state index is 12.2. The molecule has 2 aromatic rings. The molecule has 10 heteroatoms. The van der Waals surface area contributed by atoms with Crippen molar-refractivity contribution in [2.75, 3.05) is 12.8 Å². The Morgan fingerprint density at radius 3 is 2.65 bits per heavy atom. The lowest BCUT2D eigenvalue weighted by Crippen LogP contribution is -2.51. The molecule has 1 saturated heterocycles. The monoisotopic (exact) mass is 378 g/mol. The van der Waals surface area contributed by atoms with Gasteiger partial charge in [0.25, 0.3) is 11.8 Å². The Hall–Kier alpha value is -2.72. The number of nitrogens with one attached hydrogen (secondary N) is 2. The molecule has 1 fully saturated rings. The number of sulfonamides is 1. The molecular formula is C16H18N4O5S. The fraction of sp³-hybridized carbons (Fsp3) is 0.312. The van der Waals surface area contributed by atoms with Crippen LogP contribution in [-0.2, 0) is 14.8 Å². The Bertz CT molecular complexity index is 910. The van der Waals surface area contributed by atoms with Gasteiger partial charge in [-0.3, -0.25) is 20.4 Å². The molecule has 0 bridgehead atoms. The molecule has 1 aromatic heterocycles. The third kappa shape index (κ3) is 3.92. The molecular weight excluding hydrogens is 360 g/mol. The van der Waals surface area contributed by atoms with Gasteiger partial charge in [0.2, 0.25) is 10.0 Å². The van der Waals surface area contributed by atoms with Crippen molar-refractivity contribution in [1.82, 2.24) is 20.3 Å². The minimum Gasteiger partial charge on any atom is -0.355 e. The molecule has 0 aliphatic carbocycles. The third-order valence-electron chi connectivity index (χ3n) is 4.03. The second kappa shape index (κ2) is 7.26. The van der Waals surface area contributed by atoms with Gasteiger partial charge < -0.3 is 4.52 Å². The van der Waals surface area contributed by atoms with Crippen LogP contribution in [0.25, 0.3) is 11.3 Å². The summed E-state index contributed by atoms with van der Waals surface area (Å²) in [6, 6.07) is 9.75. The topological polar surface area (TPSA) is 122 Å². The van der Waals surface area contributed by atoms with Crippen molar-refractivity contribution in [3.8, 4) is 11.3 Å². The molecule has 2 heterocycles. The number of nitrogens with zero attached hydrogens (tertiary/aromatic N) is 2. The van der Waals surface area contributed by atoms with Gasteiger partial charge in [-0.2, -0.15) is 4.31 Å². The smallest absolute Gasteiger partial charge is 0.291 e. The van der Waals surface area contributed by atoms with Crippen molar-refractivity contribution in [2.45, 2.75) is 18.9 Å². The summed E-state index contributed by atoms with van der Waals surface area (Å²) in [7, 11) is -3.48. The van der Waals surface area contributed by atoms with Crippen LogP contribution in [-0.4, -0.2) is 48.5 Å². The summed E-state index contributed by atoms with van der Waals surface area (Å²) in [6.07, 6.45) is 2.04. The molecule has 1 unspecified atom stereocenters. The van der Waals surface area contributed by atoms with E-state index < -0.39 is 27.9 Å². The summed E-state index contributed by atoms with van der Waals surface area (Å²) in [5.74, 6) is -0.831. The first kappa shape index (κ1) is 18.1. The second-order valence-corrected chi connectivity index (χ2v) is 7.85. The zero-order chi connectivity index (χ0) is 18.7. The van der Waals surface area contributed by atoms with E-state index in [1.165, 1.54) is 6.07 Å². The van der Waals surface area contributed by atoms with Crippen LogP contribution in [0.2, 0.25) is 0 Å². The fourth-order valence-electron chi connectivity index (χ4n) is 2.79. The van der Waals surface area contributed by atoms with Crippen LogP contribution in [0.5, 0.6) is 0 Å². The Balaban J connectivity index is 1.61. The number of hydrogen-bond acceptors (Lipinski definition) is 6. The first-order chi connectivity index (χ1) is 12.4. The van der Waals surface area contributed by atoms with Gasteiger partial charge in [-0.1, -0.05) is 35.5 Å². The number of carbonyl (C=O) groups excluding carboxylic acids is 2. The summed E-state index contributed by atoms with van der Waals surface area (Å²) in [5, 5.41) is 3.68. The number of amides is 2. The van der Waals surface area contributed by atoms with E-state index in [0.29, 0.717) is 18.6 Å². The zero-order valence-electron chi connectivity index (χ0n) is 14.0. The Labute approximate surface area is 150 Å². The lowest BCUT2D eigenvalue weighted by molar-refractivity contribution is -0.124. The molecule has 3 rings (SSSR count). The molecule has 0 radical (unpaired) electrons. The van der Waals surface area contributed by atoms with E-state index >= 15 is 0 Å². The average molecular weight is 378 g/mol. The molecule has 1 aliphatic heterocycles. The van der Waals surface area contributed by atoms with E-state index in [0.717, 1.165) is 16.1 Å². The summed E-state index contributed by atoms with van der Waals surface area (Å²) >= 11 is 0. The van der Waals surface area contributed by atoms with Crippen LogP contribution < -0.4 is 10.9 Å². The maximum Gasteiger partial charge on any atom is 0.291 e. The van der Waals surface area contributed by atoms with Crippen LogP contribution in [0.3, 0.4) is 0 Å². The van der Waals surface area contributed by atoms with Crippen LogP contribution >= 0.6 is 0 Å². The van der Waals surface area contributed by atoms with Crippen molar-refractivity contribution in [3.63, 3.8) is 0 Å². The lowest BCUT2D eigenvalue weighted by atomic mass is 10.1. The predicted molar refractivity (Wildman–Crippen MR) is 92.1 cm³/mol. The molecule has 2 amide bonds. The third-order valence-corrected chi connectivity index (χ3v) is 5.32. The van der Waals surface area contributed by atoms with Crippen LogP contribution in [0.4, 0.5) is 0 Å². The van der Waals surface area contributed by atoms with Gasteiger partial charge in [-0.05, 0) is 12.8 Å². The van der Waals surface area contributed by atoms with Gasteiger partial charge in [-0.25, -0.2) is 8.42 Å². The van der Waals surface area contributed by atoms with Crippen molar-refractivity contribution in [2.24, 2.45) is 0 Å². The van der Waals surface area contributed by atoms with Gasteiger partial charge >= 0.3 is 0 Å². The largest absolute Gasteiger partial charge is 0.355 e. The van der Waals surface area contributed by atoms with Crippen molar-refractivity contribution >= 4 is 21.8 Å². The standard InChI is InChI=1S/C16H18N4O5S/c1-26(23,24)20-9-5-8-13(20)16(22)18-17-15(21)12-10-14(25-19-12)11-6-3-2-4-7-11/h2-4,6-7,10,13H,5,8-9H2,1H3,(H,17,21)(H,18,22). The summed E-state index contributed by atoms with van der Waals surface area (Å²) in [4.78, 5) is 24.3. The van der Waals surface area contributed by atoms with Crippen molar-refractivity contribution in [3.05, 3.63) is 42.1 Å². The van der Waals surface area contributed by atoms with Gasteiger partial charge in [-0.15, -0.1) is 0 Å². The Kier molecular flexibility index (Phi) is 5.05. The predicted octanol–water partition coefficient (Wildman–Crippen LogP) is 0.527. The zero-order valence-corrected chi connectivity index (χ0v) is 14.8. The summed E-state index contributed by atoms with van der Waals surface area (Å²) < 4.78 is 29.6. The quantitative estimate of drug-likeness (QED) is 0.749. The van der Waals surface area contributed by atoms with Crippen LogP contribution in [0.15, 0.2) is 40.9 Å². The highest BCUT2D eigenvalue weighted by atomic mass is 32.2. The number of rotatable bonds is 4. The number of aromatic nitrogens is 1. The summed E-state index contributed by atoms with van der Waals surface area (Å²) in [5.41, 5.74) is 5.24. The van der Waals surface area contributed by atoms with Gasteiger partial charge in [0.05, 0.1) is 6.26 Å². The van der Waals surface area contributed by atoms with E-state index in [1.807, 2.05) is 30.3 Å². The Morgan fingerprint density at radius 2 is 1.96 bits per heavy atom. The summed E-state index contributed by atoms with van der Waals surface area (Å²) in [6.45, 7) is 0.286. The highest BCUT2D eigenvalue weighted by Crippen LogP contribution is 2.21. The number of hydrogen-bond donors (Lipinski definition) is 2. The molecule has 0 spiro atoms. The molecule has 26 heavy (non-hydrogen) atoms. The highest BCUT2D eigenvalue weighted by Gasteiger charge is 2.36. The first-order valence-electron chi connectivity index (χ1n) is 7.95.